The zero-order chi connectivity index (χ0) is 12.5. The minimum absolute atomic E-state index is 0.502. The molecule has 1 saturated carbocycles. The lowest BCUT2D eigenvalue weighted by molar-refractivity contribution is 0.362. The molecule has 0 saturated heterocycles. The Morgan fingerprint density at radius 1 is 1.47 bits per heavy atom. The highest BCUT2D eigenvalue weighted by Crippen LogP contribution is 2.40. The van der Waals surface area contributed by atoms with Gasteiger partial charge in [-0.1, -0.05) is 20.8 Å². The molecule has 1 N–H and O–H groups in total. The Kier molecular flexibility index (Phi) is 3.52. The van der Waals surface area contributed by atoms with Gasteiger partial charge in [-0.05, 0) is 24.2 Å². The van der Waals surface area contributed by atoms with Crippen LogP contribution in [0.15, 0.2) is 6.33 Å². The lowest BCUT2D eigenvalue weighted by atomic mass is 9.91. The molecule has 1 fully saturated rings. The molecular weight excluding hydrogens is 212 g/mol. The lowest BCUT2D eigenvalue weighted by Gasteiger charge is -2.18. The number of rotatable bonds is 4. The molecule has 0 aromatic carbocycles. The Morgan fingerprint density at radius 3 is 2.76 bits per heavy atom. The van der Waals surface area contributed by atoms with Gasteiger partial charge in [-0.3, -0.25) is 0 Å². The Bertz CT molecular complexity index is 369. The van der Waals surface area contributed by atoms with Crippen molar-refractivity contribution < 1.29 is 0 Å². The van der Waals surface area contributed by atoms with Gasteiger partial charge in [-0.2, -0.15) is 0 Å². The fourth-order valence-corrected chi connectivity index (χ4v) is 3.07. The Hall–Kier alpha value is -0.900. The summed E-state index contributed by atoms with van der Waals surface area (Å²) < 4.78 is 1.99. The predicted molar refractivity (Wildman–Crippen MR) is 68.7 cm³/mol. The number of aryl methyl sites for hydroxylation is 1. The largest absolute Gasteiger partial charge is 0.321 e. The molecule has 17 heavy (non-hydrogen) atoms. The van der Waals surface area contributed by atoms with E-state index in [0.717, 1.165) is 24.7 Å². The highest BCUT2D eigenvalue weighted by atomic mass is 15.2. The fraction of sp³-hybridized carbons (Fsp3) is 0.846. The van der Waals surface area contributed by atoms with Gasteiger partial charge >= 0.3 is 0 Å². The summed E-state index contributed by atoms with van der Waals surface area (Å²) in [5.74, 6) is 1.84. The first-order chi connectivity index (χ1) is 7.98. The fourth-order valence-electron chi connectivity index (χ4n) is 3.07. The van der Waals surface area contributed by atoms with Gasteiger partial charge < -0.3 is 9.88 Å². The van der Waals surface area contributed by atoms with E-state index in [4.69, 9.17) is 0 Å². The number of hydrogen-bond donors (Lipinski definition) is 1. The number of nitrogens with one attached hydrogen (secondary N) is 1. The molecule has 4 nitrogen and oxygen atoms in total. The zero-order valence-corrected chi connectivity index (χ0v) is 11.4. The SMILES string of the molecule is CC1CC(C)(C)CC1NCCc1nncn1C. The Morgan fingerprint density at radius 2 is 2.24 bits per heavy atom. The third-order valence-corrected chi connectivity index (χ3v) is 3.89. The maximum atomic E-state index is 4.10. The molecule has 2 atom stereocenters. The standard InChI is InChI=1S/C13H24N4/c1-10-7-13(2,3)8-11(10)14-6-5-12-16-15-9-17(12)4/h9-11,14H,5-8H2,1-4H3. The van der Waals surface area contributed by atoms with E-state index in [1.807, 2.05) is 11.6 Å². The second kappa shape index (κ2) is 4.77. The summed E-state index contributed by atoms with van der Waals surface area (Å²) >= 11 is 0. The van der Waals surface area contributed by atoms with Gasteiger partial charge in [0.05, 0.1) is 0 Å². The molecule has 0 aliphatic heterocycles. The monoisotopic (exact) mass is 236 g/mol. The second-order valence-electron chi connectivity index (χ2n) is 6.22. The van der Waals surface area contributed by atoms with Crippen LogP contribution in [0.5, 0.6) is 0 Å². The van der Waals surface area contributed by atoms with Gasteiger partial charge in [0.25, 0.3) is 0 Å². The van der Waals surface area contributed by atoms with Crippen molar-refractivity contribution in [2.45, 2.75) is 46.1 Å². The van der Waals surface area contributed by atoms with E-state index in [0.29, 0.717) is 11.5 Å². The minimum Gasteiger partial charge on any atom is -0.321 e. The van der Waals surface area contributed by atoms with Crippen molar-refractivity contribution in [2.24, 2.45) is 18.4 Å². The summed E-state index contributed by atoms with van der Waals surface area (Å²) in [4.78, 5) is 0. The van der Waals surface area contributed by atoms with Crippen molar-refractivity contribution in [3.63, 3.8) is 0 Å². The maximum Gasteiger partial charge on any atom is 0.133 e. The molecule has 1 aliphatic rings. The van der Waals surface area contributed by atoms with Gasteiger partial charge in [-0.25, -0.2) is 0 Å². The van der Waals surface area contributed by atoms with E-state index >= 15 is 0 Å². The molecule has 1 aromatic heterocycles. The first-order valence-electron chi connectivity index (χ1n) is 6.54. The van der Waals surface area contributed by atoms with Gasteiger partial charge in [-0.15, -0.1) is 10.2 Å². The molecule has 0 spiro atoms. The molecule has 0 radical (unpaired) electrons. The summed E-state index contributed by atoms with van der Waals surface area (Å²) in [5, 5.41) is 11.7. The molecule has 0 amide bonds. The molecule has 1 heterocycles. The van der Waals surface area contributed by atoms with Gasteiger partial charge in [0, 0.05) is 26.1 Å². The average molecular weight is 236 g/mol. The van der Waals surface area contributed by atoms with Crippen LogP contribution in [0.4, 0.5) is 0 Å². The van der Waals surface area contributed by atoms with Crippen LogP contribution in [-0.4, -0.2) is 27.4 Å². The predicted octanol–water partition coefficient (Wildman–Crippen LogP) is 1.77. The van der Waals surface area contributed by atoms with Gasteiger partial charge in [0.2, 0.25) is 0 Å². The zero-order valence-electron chi connectivity index (χ0n) is 11.4. The third-order valence-electron chi connectivity index (χ3n) is 3.89. The van der Waals surface area contributed by atoms with Crippen LogP contribution in [0.1, 0.15) is 39.4 Å². The van der Waals surface area contributed by atoms with Crippen LogP contribution in [-0.2, 0) is 13.5 Å². The molecule has 2 unspecified atom stereocenters. The van der Waals surface area contributed by atoms with E-state index < -0.39 is 0 Å². The van der Waals surface area contributed by atoms with Crippen molar-refractivity contribution in [1.82, 2.24) is 20.1 Å². The number of hydrogen-bond acceptors (Lipinski definition) is 3. The molecular formula is C13H24N4. The summed E-state index contributed by atoms with van der Waals surface area (Å²) in [6.07, 6.45) is 5.33. The van der Waals surface area contributed by atoms with Crippen LogP contribution >= 0.6 is 0 Å². The van der Waals surface area contributed by atoms with Gasteiger partial charge in [0.15, 0.2) is 0 Å². The molecule has 2 rings (SSSR count). The smallest absolute Gasteiger partial charge is 0.133 e. The quantitative estimate of drug-likeness (QED) is 0.866. The first-order valence-corrected chi connectivity index (χ1v) is 6.54. The molecule has 1 aliphatic carbocycles. The number of nitrogens with zero attached hydrogens (tertiary/aromatic N) is 3. The van der Waals surface area contributed by atoms with E-state index in [1.165, 1.54) is 12.8 Å². The van der Waals surface area contributed by atoms with E-state index in [1.54, 1.807) is 6.33 Å². The normalized spacial score (nSPS) is 27.5. The third kappa shape index (κ3) is 3.06. The Balaban J connectivity index is 1.78. The lowest BCUT2D eigenvalue weighted by Crippen LogP contribution is -2.33. The van der Waals surface area contributed by atoms with E-state index in [9.17, 15) is 0 Å². The van der Waals surface area contributed by atoms with Crippen molar-refractivity contribution in [1.29, 1.82) is 0 Å². The van der Waals surface area contributed by atoms with E-state index in [2.05, 4.69) is 36.3 Å². The summed E-state index contributed by atoms with van der Waals surface area (Å²) in [6, 6.07) is 0.665. The summed E-state index contributed by atoms with van der Waals surface area (Å²) in [6.45, 7) is 8.09. The highest BCUT2D eigenvalue weighted by molar-refractivity contribution is 4.92. The van der Waals surface area contributed by atoms with Crippen LogP contribution < -0.4 is 5.32 Å². The topological polar surface area (TPSA) is 42.7 Å². The molecule has 4 heteroatoms. The maximum absolute atomic E-state index is 4.10. The average Bonchev–Trinajstić information content (AvgIpc) is 2.72. The molecule has 96 valence electrons. The minimum atomic E-state index is 0.502. The van der Waals surface area contributed by atoms with Crippen molar-refractivity contribution >= 4 is 0 Å². The molecule has 1 aromatic rings. The van der Waals surface area contributed by atoms with Crippen LogP contribution in [0.3, 0.4) is 0 Å². The van der Waals surface area contributed by atoms with Crippen molar-refractivity contribution in [2.75, 3.05) is 6.54 Å². The van der Waals surface area contributed by atoms with Crippen LogP contribution in [0, 0.1) is 11.3 Å². The van der Waals surface area contributed by atoms with E-state index in [-0.39, 0.29) is 0 Å². The van der Waals surface area contributed by atoms with Crippen molar-refractivity contribution in [3.8, 4) is 0 Å². The number of aromatic nitrogens is 3. The second-order valence-corrected chi connectivity index (χ2v) is 6.22. The highest BCUT2D eigenvalue weighted by Gasteiger charge is 2.36. The summed E-state index contributed by atoms with van der Waals surface area (Å²) in [5.41, 5.74) is 0.502. The van der Waals surface area contributed by atoms with Crippen LogP contribution in [0.25, 0.3) is 0 Å². The summed E-state index contributed by atoms with van der Waals surface area (Å²) in [7, 11) is 2.00. The van der Waals surface area contributed by atoms with Crippen molar-refractivity contribution in [3.05, 3.63) is 12.2 Å². The van der Waals surface area contributed by atoms with Gasteiger partial charge in [0.1, 0.15) is 12.2 Å². The Labute approximate surface area is 104 Å². The first kappa shape index (κ1) is 12.6. The molecule has 0 bridgehead atoms. The van der Waals surface area contributed by atoms with Crippen LogP contribution in [0.2, 0.25) is 0 Å².